The Labute approximate surface area is 80.3 Å². The van der Waals surface area contributed by atoms with Gasteiger partial charge in [-0.05, 0) is 6.07 Å². The second-order valence-corrected chi connectivity index (χ2v) is 3.56. The van der Waals surface area contributed by atoms with Gasteiger partial charge in [0.15, 0.2) is 12.7 Å². The number of hydrogen-bond donors (Lipinski definition) is 0. The molecule has 0 radical (unpaired) electrons. The molecule has 1 aliphatic rings. The van der Waals surface area contributed by atoms with Crippen LogP contribution >= 0.6 is 15.9 Å². The summed E-state index contributed by atoms with van der Waals surface area (Å²) in [4.78, 5) is 0. The van der Waals surface area contributed by atoms with Crippen LogP contribution in [0.15, 0.2) is 24.4 Å². The summed E-state index contributed by atoms with van der Waals surface area (Å²) in [6.07, 6.45) is 3.49. The van der Waals surface area contributed by atoms with Crippen LogP contribution in [0.25, 0.3) is 0 Å². The van der Waals surface area contributed by atoms with Crippen molar-refractivity contribution in [2.45, 2.75) is 19.1 Å². The highest BCUT2D eigenvalue weighted by Crippen LogP contribution is 2.14. The van der Waals surface area contributed by atoms with E-state index in [1.807, 2.05) is 18.2 Å². The predicted octanol–water partition coefficient (Wildman–Crippen LogP) is 1.52. The maximum absolute atomic E-state index is 5.70. The first-order chi connectivity index (χ1) is 5.90. The molecule has 1 aliphatic heterocycles. The molecule has 0 bridgehead atoms. The lowest BCUT2D eigenvalue weighted by Gasteiger charge is -2.18. The number of halogens is 1. The topological polar surface area (TPSA) is 13.1 Å². The van der Waals surface area contributed by atoms with E-state index in [0.717, 1.165) is 24.2 Å². The first kappa shape index (κ1) is 8.05. The van der Waals surface area contributed by atoms with E-state index >= 15 is 0 Å². The van der Waals surface area contributed by atoms with Crippen LogP contribution in [0.1, 0.15) is 6.42 Å². The van der Waals surface area contributed by atoms with Gasteiger partial charge < -0.3 is 4.74 Å². The zero-order chi connectivity index (χ0) is 8.39. The number of nitrogens with zero attached hydrogens (tertiary/aromatic N) is 1. The Morgan fingerprint density at radius 3 is 3.33 bits per heavy atom. The number of aryl methyl sites for hydroxylation is 1. The zero-order valence-corrected chi connectivity index (χ0v) is 8.33. The molecule has 1 atom stereocenters. The van der Waals surface area contributed by atoms with Gasteiger partial charge in [0, 0.05) is 17.8 Å². The maximum Gasteiger partial charge on any atom is 0.368 e. The van der Waals surface area contributed by atoms with Gasteiger partial charge in [-0.25, -0.2) is 0 Å². The van der Waals surface area contributed by atoms with Gasteiger partial charge in [-0.15, -0.1) is 0 Å². The number of hydrogen-bond acceptors (Lipinski definition) is 1. The predicted molar refractivity (Wildman–Crippen MR) is 49.5 cm³/mol. The maximum atomic E-state index is 5.70. The fraction of sp³-hybridized carbons (Fsp3) is 0.444. The van der Waals surface area contributed by atoms with Gasteiger partial charge in [0.2, 0.25) is 0 Å². The van der Waals surface area contributed by atoms with Gasteiger partial charge in [-0.3, -0.25) is 0 Å². The first-order valence-electron chi connectivity index (χ1n) is 4.11. The number of rotatable bonds is 1. The van der Waals surface area contributed by atoms with E-state index in [2.05, 4.69) is 26.7 Å². The summed E-state index contributed by atoms with van der Waals surface area (Å²) in [7, 11) is 0. The molecular weight excluding hydrogens is 218 g/mol. The third-order valence-corrected chi connectivity index (χ3v) is 2.77. The lowest BCUT2D eigenvalue weighted by Crippen LogP contribution is -2.44. The van der Waals surface area contributed by atoms with Crippen LogP contribution in [0.5, 0.6) is 5.88 Å². The summed E-state index contributed by atoms with van der Waals surface area (Å²) >= 11 is 3.43. The second-order valence-electron chi connectivity index (χ2n) is 2.92. The number of alkyl halides is 1. The highest BCUT2D eigenvalue weighted by molar-refractivity contribution is 9.09. The Bertz CT molecular complexity index is 277. The molecular formula is C9H11BrNO+. The van der Waals surface area contributed by atoms with Crippen LogP contribution in [0.2, 0.25) is 0 Å². The molecule has 3 heteroatoms. The third kappa shape index (κ3) is 1.46. The molecule has 2 nitrogen and oxygen atoms in total. The van der Waals surface area contributed by atoms with E-state index in [1.165, 1.54) is 0 Å². The Balaban J connectivity index is 2.23. The second kappa shape index (κ2) is 3.44. The van der Waals surface area contributed by atoms with Crippen LogP contribution < -0.4 is 9.30 Å². The lowest BCUT2D eigenvalue weighted by atomic mass is 10.2. The van der Waals surface area contributed by atoms with E-state index in [-0.39, 0.29) is 0 Å². The van der Waals surface area contributed by atoms with Gasteiger partial charge in [0.1, 0.15) is 6.10 Å². The Morgan fingerprint density at radius 2 is 2.50 bits per heavy atom. The first-order valence-corrected chi connectivity index (χ1v) is 5.23. The summed E-state index contributed by atoms with van der Waals surface area (Å²) in [6.45, 7) is 1.06. The number of fused-ring (bicyclic) bond motifs is 1. The standard InChI is InChI=1S/C9H11BrNO/c10-7-8-4-6-11-5-2-1-3-9(11)12-8/h1-3,5,8H,4,6-7H2/q+1. The Morgan fingerprint density at radius 1 is 1.58 bits per heavy atom. The van der Waals surface area contributed by atoms with Gasteiger partial charge in [0.25, 0.3) is 0 Å². The molecule has 1 unspecified atom stereocenters. The van der Waals surface area contributed by atoms with Crippen molar-refractivity contribution in [1.82, 2.24) is 0 Å². The van der Waals surface area contributed by atoms with Crippen molar-refractivity contribution in [3.05, 3.63) is 24.4 Å². The van der Waals surface area contributed by atoms with Gasteiger partial charge in [-0.2, -0.15) is 4.57 Å². The minimum Gasteiger partial charge on any atom is -0.440 e. The van der Waals surface area contributed by atoms with Crippen LogP contribution in [0.3, 0.4) is 0 Å². The minimum absolute atomic E-state index is 0.340. The molecule has 1 aromatic heterocycles. The van der Waals surface area contributed by atoms with Crippen molar-refractivity contribution in [2.75, 3.05) is 5.33 Å². The third-order valence-electron chi connectivity index (χ3n) is 2.05. The largest absolute Gasteiger partial charge is 0.440 e. The quantitative estimate of drug-likeness (QED) is 0.525. The van der Waals surface area contributed by atoms with Crippen molar-refractivity contribution >= 4 is 15.9 Å². The highest BCUT2D eigenvalue weighted by atomic mass is 79.9. The number of pyridine rings is 1. The number of ether oxygens (including phenoxy) is 1. The summed E-state index contributed by atoms with van der Waals surface area (Å²) in [6, 6.07) is 6.04. The molecule has 12 heavy (non-hydrogen) atoms. The molecule has 64 valence electrons. The van der Waals surface area contributed by atoms with Gasteiger partial charge in [0.05, 0.1) is 6.07 Å². The Kier molecular flexibility index (Phi) is 2.30. The van der Waals surface area contributed by atoms with E-state index in [1.54, 1.807) is 0 Å². The monoisotopic (exact) mass is 228 g/mol. The van der Waals surface area contributed by atoms with E-state index in [0.29, 0.717) is 6.10 Å². The molecule has 0 amide bonds. The fourth-order valence-corrected chi connectivity index (χ4v) is 1.83. The zero-order valence-electron chi connectivity index (χ0n) is 6.74. The lowest BCUT2D eigenvalue weighted by molar-refractivity contribution is -0.712. The van der Waals surface area contributed by atoms with Crippen LogP contribution in [-0.4, -0.2) is 11.4 Å². The SMILES string of the molecule is BrCC1CC[n+]2ccccc2O1. The average Bonchev–Trinajstić information content (AvgIpc) is 2.17. The minimum atomic E-state index is 0.340. The van der Waals surface area contributed by atoms with Gasteiger partial charge in [-0.1, -0.05) is 15.9 Å². The smallest absolute Gasteiger partial charge is 0.368 e. The summed E-state index contributed by atoms with van der Waals surface area (Å²) < 4.78 is 7.84. The Hall–Kier alpha value is -0.570. The molecule has 0 spiro atoms. The fourth-order valence-electron chi connectivity index (χ4n) is 1.37. The van der Waals surface area contributed by atoms with Crippen molar-refractivity contribution in [3.8, 4) is 5.88 Å². The normalized spacial score (nSPS) is 21.2. The molecule has 2 heterocycles. The van der Waals surface area contributed by atoms with Crippen LogP contribution in [-0.2, 0) is 6.54 Å². The molecule has 0 saturated heterocycles. The highest BCUT2D eigenvalue weighted by Gasteiger charge is 2.23. The molecule has 0 aliphatic carbocycles. The van der Waals surface area contributed by atoms with Crippen molar-refractivity contribution in [1.29, 1.82) is 0 Å². The molecule has 0 fully saturated rings. The van der Waals surface area contributed by atoms with Gasteiger partial charge >= 0.3 is 5.88 Å². The molecule has 2 rings (SSSR count). The van der Waals surface area contributed by atoms with Crippen LogP contribution in [0.4, 0.5) is 0 Å². The summed E-state index contributed by atoms with van der Waals surface area (Å²) in [5.74, 6) is 0.980. The van der Waals surface area contributed by atoms with E-state index in [9.17, 15) is 0 Å². The van der Waals surface area contributed by atoms with E-state index in [4.69, 9.17) is 4.74 Å². The van der Waals surface area contributed by atoms with Crippen molar-refractivity contribution in [3.63, 3.8) is 0 Å². The van der Waals surface area contributed by atoms with Crippen LogP contribution in [0, 0.1) is 0 Å². The summed E-state index contributed by atoms with van der Waals surface area (Å²) in [5.41, 5.74) is 0. The molecule has 1 aromatic rings. The van der Waals surface area contributed by atoms with Crippen molar-refractivity contribution in [2.24, 2.45) is 0 Å². The van der Waals surface area contributed by atoms with E-state index < -0.39 is 0 Å². The molecule has 0 aromatic carbocycles. The van der Waals surface area contributed by atoms with Crippen molar-refractivity contribution < 1.29 is 9.30 Å². The average molecular weight is 229 g/mol. The molecule has 0 saturated carbocycles. The number of aromatic nitrogens is 1. The summed E-state index contributed by atoms with van der Waals surface area (Å²) in [5, 5.41) is 0.919. The molecule has 0 N–H and O–H groups in total.